The number of hydrogen-bond acceptors (Lipinski definition) is 2. The zero-order valence-corrected chi connectivity index (χ0v) is 12.2. The van der Waals surface area contributed by atoms with Gasteiger partial charge in [-0.25, -0.2) is 9.38 Å². The summed E-state index contributed by atoms with van der Waals surface area (Å²) < 4.78 is 13.8. The molecule has 108 valence electrons. The molecule has 0 spiro atoms. The van der Waals surface area contributed by atoms with Gasteiger partial charge in [-0.2, -0.15) is 0 Å². The highest BCUT2D eigenvalue weighted by Gasteiger charge is 2.05. The van der Waals surface area contributed by atoms with Crippen molar-refractivity contribution in [3.05, 3.63) is 29.6 Å². The largest absolute Gasteiger partial charge is 0.375 e. The lowest BCUT2D eigenvalue weighted by Crippen LogP contribution is -2.37. The van der Waals surface area contributed by atoms with E-state index in [2.05, 4.69) is 21.5 Å². The van der Waals surface area contributed by atoms with E-state index in [4.69, 9.17) is 6.42 Å². The highest BCUT2D eigenvalue weighted by atomic mass is 19.1. The summed E-state index contributed by atoms with van der Waals surface area (Å²) >= 11 is 0. The average molecular weight is 276 g/mol. The Kier molecular flexibility index (Phi) is 6.38. The van der Waals surface area contributed by atoms with E-state index in [1.165, 1.54) is 6.07 Å². The Hall–Kier alpha value is -2.22. The van der Waals surface area contributed by atoms with Crippen LogP contribution in [0, 0.1) is 18.2 Å². The molecule has 0 amide bonds. The van der Waals surface area contributed by atoms with E-state index in [0.29, 0.717) is 24.7 Å². The number of nitrogens with one attached hydrogen (secondary N) is 2. The minimum absolute atomic E-state index is 0.246. The predicted octanol–water partition coefficient (Wildman–Crippen LogP) is 1.58. The number of rotatable bonds is 5. The molecule has 0 aromatic heterocycles. The lowest BCUT2D eigenvalue weighted by Gasteiger charge is -2.14. The van der Waals surface area contributed by atoms with Crippen LogP contribution in [0.4, 0.5) is 10.1 Å². The first-order valence-electron chi connectivity index (χ1n) is 6.49. The van der Waals surface area contributed by atoms with Crippen molar-refractivity contribution in [2.75, 3.05) is 32.1 Å². The van der Waals surface area contributed by atoms with Crippen LogP contribution >= 0.6 is 0 Å². The monoisotopic (exact) mass is 276 g/mol. The molecule has 0 fully saturated rings. The number of benzene rings is 1. The Bertz CT molecular complexity index is 503. The van der Waals surface area contributed by atoms with Gasteiger partial charge >= 0.3 is 0 Å². The molecule has 0 radical (unpaired) electrons. The average Bonchev–Trinajstić information content (AvgIpc) is 2.41. The van der Waals surface area contributed by atoms with Gasteiger partial charge in [-0.1, -0.05) is 12.0 Å². The summed E-state index contributed by atoms with van der Waals surface area (Å²) in [5, 5.41) is 6.06. The van der Waals surface area contributed by atoms with Crippen LogP contribution in [-0.4, -0.2) is 33.1 Å². The third-order valence-electron chi connectivity index (χ3n) is 2.62. The van der Waals surface area contributed by atoms with Gasteiger partial charge in [0.1, 0.15) is 5.82 Å². The number of guanidine groups is 1. The third kappa shape index (κ3) is 4.81. The predicted molar refractivity (Wildman–Crippen MR) is 82.4 cm³/mol. The second kappa shape index (κ2) is 8.05. The van der Waals surface area contributed by atoms with Crippen molar-refractivity contribution in [3.63, 3.8) is 0 Å². The number of terminal acetylenes is 1. The van der Waals surface area contributed by atoms with E-state index in [-0.39, 0.29) is 5.82 Å². The molecule has 1 aromatic carbocycles. The summed E-state index contributed by atoms with van der Waals surface area (Å²) in [6.07, 6.45) is 5.20. The second-order valence-corrected chi connectivity index (χ2v) is 4.43. The summed E-state index contributed by atoms with van der Waals surface area (Å²) in [6, 6.07) is 5.12. The van der Waals surface area contributed by atoms with Gasteiger partial charge in [0.2, 0.25) is 0 Å². The Balaban J connectivity index is 2.76. The van der Waals surface area contributed by atoms with Crippen LogP contribution in [0.15, 0.2) is 23.2 Å². The van der Waals surface area contributed by atoms with Gasteiger partial charge in [-0.3, -0.25) is 0 Å². The fourth-order valence-corrected chi connectivity index (χ4v) is 1.66. The fourth-order valence-electron chi connectivity index (χ4n) is 1.66. The van der Waals surface area contributed by atoms with Crippen LogP contribution in [0.3, 0.4) is 0 Å². The molecular weight excluding hydrogens is 255 g/mol. The van der Waals surface area contributed by atoms with E-state index < -0.39 is 0 Å². The van der Waals surface area contributed by atoms with Gasteiger partial charge in [0, 0.05) is 20.6 Å². The highest BCUT2D eigenvalue weighted by Crippen LogP contribution is 2.18. The van der Waals surface area contributed by atoms with Crippen LogP contribution in [0.2, 0.25) is 0 Å². The van der Waals surface area contributed by atoms with Gasteiger partial charge in [0.25, 0.3) is 0 Å². The van der Waals surface area contributed by atoms with Crippen molar-refractivity contribution in [2.45, 2.75) is 13.5 Å². The lowest BCUT2D eigenvalue weighted by atomic mass is 10.2. The molecule has 0 aliphatic rings. The van der Waals surface area contributed by atoms with Crippen molar-refractivity contribution >= 4 is 11.6 Å². The minimum atomic E-state index is -0.246. The summed E-state index contributed by atoms with van der Waals surface area (Å²) in [5.41, 5.74) is 1.38. The van der Waals surface area contributed by atoms with E-state index >= 15 is 0 Å². The molecule has 0 aliphatic heterocycles. The molecule has 2 N–H and O–H groups in total. The summed E-state index contributed by atoms with van der Waals surface area (Å²) in [7, 11) is 3.62. The molecule has 0 unspecified atom stereocenters. The molecule has 0 bridgehead atoms. The molecule has 0 heterocycles. The number of aliphatic imine (C=N–C) groups is 1. The van der Waals surface area contributed by atoms with E-state index in [9.17, 15) is 4.39 Å². The Morgan fingerprint density at radius 3 is 2.70 bits per heavy atom. The number of anilines is 1. The summed E-state index contributed by atoms with van der Waals surface area (Å²) in [5.74, 6) is 2.87. The molecule has 4 nitrogen and oxygen atoms in total. The molecule has 1 aromatic rings. The van der Waals surface area contributed by atoms with Crippen molar-refractivity contribution in [1.82, 2.24) is 10.6 Å². The maximum atomic E-state index is 13.8. The van der Waals surface area contributed by atoms with Gasteiger partial charge in [-0.15, -0.1) is 6.42 Å². The third-order valence-corrected chi connectivity index (χ3v) is 2.62. The topological polar surface area (TPSA) is 39.7 Å². The Morgan fingerprint density at radius 2 is 2.15 bits per heavy atom. The highest BCUT2D eigenvalue weighted by molar-refractivity contribution is 5.79. The van der Waals surface area contributed by atoms with Crippen molar-refractivity contribution in [2.24, 2.45) is 4.99 Å². The van der Waals surface area contributed by atoms with Gasteiger partial charge in [0.15, 0.2) is 5.96 Å². The summed E-state index contributed by atoms with van der Waals surface area (Å²) in [6.45, 7) is 3.51. The van der Waals surface area contributed by atoms with E-state index in [1.807, 2.05) is 27.1 Å². The van der Waals surface area contributed by atoms with Crippen LogP contribution in [-0.2, 0) is 6.54 Å². The van der Waals surface area contributed by atoms with Gasteiger partial charge in [-0.05, 0) is 24.6 Å². The minimum Gasteiger partial charge on any atom is -0.375 e. The van der Waals surface area contributed by atoms with E-state index in [1.54, 1.807) is 11.0 Å². The first kappa shape index (κ1) is 15.8. The molecule has 0 saturated carbocycles. The number of nitrogens with zero attached hydrogens (tertiary/aromatic N) is 2. The van der Waals surface area contributed by atoms with Crippen LogP contribution in [0.25, 0.3) is 0 Å². The number of halogens is 1. The molecule has 0 atom stereocenters. The maximum Gasteiger partial charge on any atom is 0.192 e. The lowest BCUT2D eigenvalue weighted by molar-refractivity contribution is 0.624. The summed E-state index contributed by atoms with van der Waals surface area (Å²) in [4.78, 5) is 6.09. The second-order valence-electron chi connectivity index (χ2n) is 4.43. The van der Waals surface area contributed by atoms with Crippen molar-refractivity contribution in [1.29, 1.82) is 0 Å². The zero-order chi connectivity index (χ0) is 15.0. The van der Waals surface area contributed by atoms with Gasteiger partial charge < -0.3 is 15.5 Å². The molecular formula is C15H21FN4. The van der Waals surface area contributed by atoms with E-state index in [0.717, 1.165) is 12.1 Å². The molecule has 1 rings (SSSR count). The van der Waals surface area contributed by atoms with Crippen molar-refractivity contribution < 1.29 is 4.39 Å². The quantitative estimate of drug-likeness (QED) is 0.487. The molecule has 20 heavy (non-hydrogen) atoms. The zero-order valence-electron chi connectivity index (χ0n) is 12.2. The van der Waals surface area contributed by atoms with Crippen LogP contribution in [0.1, 0.15) is 12.5 Å². The number of hydrogen-bond donors (Lipinski definition) is 2. The SMILES string of the molecule is C#CCNC(=NCc1ccc(N(C)C)c(F)c1)NCC. The molecule has 5 heteroatoms. The van der Waals surface area contributed by atoms with Crippen molar-refractivity contribution in [3.8, 4) is 12.3 Å². The first-order chi connectivity index (χ1) is 9.58. The Labute approximate surface area is 120 Å². The maximum absolute atomic E-state index is 13.8. The molecule has 0 aliphatic carbocycles. The standard InChI is InChI=1S/C15H21FN4/c1-5-9-18-15(17-6-2)19-11-12-7-8-14(20(3)4)13(16)10-12/h1,7-8,10H,6,9,11H2,2-4H3,(H2,17,18,19). The smallest absolute Gasteiger partial charge is 0.192 e. The molecule has 0 saturated heterocycles. The normalized spacial score (nSPS) is 10.8. The fraction of sp³-hybridized carbons (Fsp3) is 0.400. The van der Waals surface area contributed by atoms with Gasteiger partial charge in [0.05, 0.1) is 18.8 Å². The first-order valence-corrected chi connectivity index (χ1v) is 6.49. The van der Waals surface area contributed by atoms with Crippen LogP contribution < -0.4 is 15.5 Å². The Morgan fingerprint density at radius 1 is 1.40 bits per heavy atom. The van der Waals surface area contributed by atoms with Crippen LogP contribution in [0.5, 0.6) is 0 Å².